The molecule has 0 radical (unpaired) electrons. The van der Waals surface area contributed by atoms with Crippen LogP contribution in [0.4, 0.5) is 5.95 Å². The highest BCUT2D eigenvalue weighted by Gasteiger charge is 2.60. The molecule has 3 N–H and O–H groups in total. The van der Waals surface area contributed by atoms with E-state index in [1.165, 1.54) is 6.42 Å². The number of hydrogen-bond acceptors (Lipinski definition) is 5. The Morgan fingerprint density at radius 2 is 1.81 bits per heavy atom. The van der Waals surface area contributed by atoms with Gasteiger partial charge in [0, 0.05) is 37.9 Å². The molecule has 2 amide bonds. The zero-order valence-electron chi connectivity index (χ0n) is 15.3. The van der Waals surface area contributed by atoms with Crippen LogP contribution in [0.3, 0.4) is 0 Å². The molecule has 4 bridgehead atoms. The molecule has 4 fully saturated rings. The molecule has 7 heteroatoms. The first-order valence-corrected chi connectivity index (χ1v) is 9.57. The van der Waals surface area contributed by atoms with Crippen molar-refractivity contribution < 1.29 is 9.59 Å². The van der Waals surface area contributed by atoms with Crippen molar-refractivity contribution in [3.05, 3.63) is 18.5 Å². The highest BCUT2D eigenvalue weighted by molar-refractivity contribution is 5.84. The van der Waals surface area contributed by atoms with Gasteiger partial charge in [-0.15, -0.1) is 0 Å². The second-order valence-electron chi connectivity index (χ2n) is 8.46. The van der Waals surface area contributed by atoms with Crippen molar-refractivity contribution in [2.24, 2.45) is 17.3 Å². The first-order chi connectivity index (χ1) is 12.5. The number of rotatable bonds is 6. The lowest BCUT2D eigenvalue weighted by atomic mass is 9.46. The number of hydrogen-bond donors (Lipinski definition) is 3. The Labute approximate surface area is 153 Å². The lowest BCUT2D eigenvalue weighted by molar-refractivity contribution is -0.153. The molecule has 4 saturated carbocycles. The first kappa shape index (κ1) is 17.2. The van der Waals surface area contributed by atoms with E-state index in [4.69, 9.17) is 0 Å². The third-order valence-electron chi connectivity index (χ3n) is 6.24. The zero-order chi connectivity index (χ0) is 18.2. The number of aromatic nitrogens is 2. The summed E-state index contributed by atoms with van der Waals surface area (Å²) in [4.78, 5) is 33.0. The van der Waals surface area contributed by atoms with Gasteiger partial charge in [-0.05, 0) is 56.4 Å². The number of anilines is 1. The smallest absolute Gasteiger partial charge is 0.226 e. The summed E-state index contributed by atoms with van der Waals surface area (Å²) in [7, 11) is 0. The second kappa shape index (κ2) is 6.52. The van der Waals surface area contributed by atoms with Gasteiger partial charge in [-0.2, -0.15) is 0 Å². The molecule has 0 aromatic carbocycles. The topological polar surface area (TPSA) is 96.0 Å². The lowest BCUT2D eigenvalue weighted by Crippen LogP contribution is -2.65. The van der Waals surface area contributed by atoms with Gasteiger partial charge >= 0.3 is 0 Å². The van der Waals surface area contributed by atoms with Crippen LogP contribution in [0.25, 0.3) is 0 Å². The highest BCUT2D eigenvalue weighted by atomic mass is 16.2. The van der Waals surface area contributed by atoms with E-state index in [1.807, 2.05) is 0 Å². The molecule has 4 aliphatic rings. The average molecular weight is 357 g/mol. The molecule has 2 unspecified atom stereocenters. The van der Waals surface area contributed by atoms with Crippen LogP contribution in [0.15, 0.2) is 18.5 Å². The molecule has 5 rings (SSSR count). The molecular formula is C19H27N5O2. The van der Waals surface area contributed by atoms with Crippen molar-refractivity contribution >= 4 is 17.8 Å². The van der Waals surface area contributed by atoms with Gasteiger partial charge in [0.05, 0.1) is 5.41 Å². The maximum Gasteiger partial charge on any atom is 0.226 e. The number of carbonyl (C=O) groups is 2. The number of amides is 2. The normalized spacial score (nSPS) is 34.3. The van der Waals surface area contributed by atoms with E-state index in [0.29, 0.717) is 30.9 Å². The Kier molecular flexibility index (Phi) is 4.32. The summed E-state index contributed by atoms with van der Waals surface area (Å²) in [6.07, 6.45) is 9.36. The van der Waals surface area contributed by atoms with Crippen LogP contribution < -0.4 is 16.0 Å². The molecule has 140 valence electrons. The van der Waals surface area contributed by atoms with Crippen molar-refractivity contribution in [3.63, 3.8) is 0 Å². The van der Waals surface area contributed by atoms with Crippen molar-refractivity contribution in [1.29, 1.82) is 0 Å². The SMILES string of the molecule is CC(=O)NC12CC3CC(C1)CC(C(=O)NCCNc1ncccn1)(C3)C2. The molecule has 0 aliphatic heterocycles. The number of carbonyl (C=O) groups excluding carboxylic acids is 2. The zero-order valence-corrected chi connectivity index (χ0v) is 15.3. The van der Waals surface area contributed by atoms with Crippen molar-refractivity contribution in [2.75, 3.05) is 18.4 Å². The van der Waals surface area contributed by atoms with E-state index in [-0.39, 0.29) is 22.8 Å². The van der Waals surface area contributed by atoms with Crippen LogP contribution in [0.2, 0.25) is 0 Å². The summed E-state index contributed by atoms with van der Waals surface area (Å²) in [5, 5.41) is 9.43. The molecule has 7 nitrogen and oxygen atoms in total. The molecule has 0 saturated heterocycles. The van der Waals surface area contributed by atoms with Crippen LogP contribution >= 0.6 is 0 Å². The fourth-order valence-corrected chi connectivity index (χ4v) is 5.98. The Morgan fingerprint density at radius 3 is 2.46 bits per heavy atom. The third kappa shape index (κ3) is 3.27. The highest BCUT2D eigenvalue weighted by Crippen LogP contribution is 2.61. The molecule has 1 aromatic rings. The summed E-state index contributed by atoms with van der Waals surface area (Å²) >= 11 is 0. The van der Waals surface area contributed by atoms with Crippen molar-refractivity contribution in [1.82, 2.24) is 20.6 Å². The summed E-state index contributed by atoms with van der Waals surface area (Å²) in [5.74, 6) is 1.86. The molecule has 1 aromatic heterocycles. The Hall–Kier alpha value is -2.18. The molecule has 0 spiro atoms. The largest absolute Gasteiger partial charge is 0.354 e. The van der Waals surface area contributed by atoms with Gasteiger partial charge in [-0.1, -0.05) is 0 Å². The minimum atomic E-state index is -0.310. The maximum absolute atomic E-state index is 13.1. The van der Waals surface area contributed by atoms with Gasteiger partial charge in [-0.25, -0.2) is 9.97 Å². The summed E-state index contributed by atoms with van der Waals surface area (Å²) in [6.45, 7) is 2.72. The Balaban J connectivity index is 1.37. The summed E-state index contributed by atoms with van der Waals surface area (Å²) < 4.78 is 0. The summed E-state index contributed by atoms with van der Waals surface area (Å²) in [6, 6.07) is 1.77. The van der Waals surface area contributed by atoms with Crippen molar-refractivity contribution in [3.8, 4) is 0 Å². The lowest BCUT2D eigenvalue weighted by Gasteiger charge is -2.61. The average Bonchev–Trinajstić information content (AvgIpc) is 2.57. The van der Waals surface area contributed by atoms with Gasteiger partial charge in [0.2, 0.25) is 17.8 Å². The van der Waals surface area contributed by atoms with Crippen LogP contribution in [0.5, 0.6) is 0 Å². The fourth-order valence-electron chi connectivity index (χ4n) is 5.98. The first-order valence-electron chi connectivity index (χ1n) is 9.57. The fraction of sp³-hybridized carbons (Fsp3) is 0.684. The molecule has 26 heavy (non-hydrogen) atoms. The van der Waals surface area contributed by atoms with Crippen LogP contribution in [-0.4, -0.2) is 40.4 Å². The van der Waals surface area contributed by atoms with E-state index >= 15 is 0 Å². The van der Waals surface area contributed by atoms with E-state index in [0.717, 1.165) is 32.1 Å². The predicted molar refractivity (Wildman–Crippen MR) is 97.2 cm³/mol. The third-order valence-corrected chi connectivity index (χ3v) is 6.24. The molecule has 4 aliphatic carbocycles. The van der Waals surface area contributed by atoms with E-state index in [2.05, 4.69) is 25.9 Å². The van der Waals surface area contributed by atoms with Crippen LogP contribution in [0, 0.1) is 17.3 Å². The van der Waals surface area contributed by atoms with Gasteiger partial charge < -0.3 is 16.0 Å². The Bertz CT molecular complexity index is 678. The summed E-state index contributed by atoms with van der Waals surface area (Å²) in [5.41, 5.74) is -0.473. The van der Waals surface area contributed by atoms with E-state index < -0.39 is 0 Å². The van der Waals surface area contributed by atoms with Gasteiger partial charge in [0.25, 0.3) is 0 Å². The quantitative estimate of drug-likeness (QED) is 0.670. The standard InChI is InChI=1S/C19H27N5O2/c1-13(25)24-19-10-14-7-15(11-19)9-18(8-14,12-19)16(26)20-5-6-23-17-21-3-2-4-22-17/h2-4,14-15H,5-12H2,1H3,(H,20,26)(H,24,25)(H,21,22,23). The molecule has 1 heterocycles. The minimum Gasteiger partial charge on any atom is -0.354 e. The van der Waals surface area contributed by atoms with Gasteiger partial charge in [0.1, 0.15) is 0 Å². The van der Waals surface area contributed by atoms with Gasteiger partial charge in [-0.3, -0.25) is 9.59 Å². The van der Waals surface area contributed by atoms with Crippen LogP contribution in [0.1, 0.15) is 45.4 Å². The van der Waals surface area contributed by atoms with Crippen molar-refractivity contribution in [2.45, 2.75) is 51.0 Å². The minimum absolute atomic E-state index is 0.0227. The van der Waals surface area contributed by atoms with E-state index in [9.17, 15) is 9.59 Å². The number of nitrogens with one attached hydrogen (secondary N) is 3. The van der Waals surface area contributed by atoms with Gasteiger partial charge in [0.15, 0.2) is 0 Å². The predicted octanol–water partition coefficient (Wildman–Crippen LogP) is 1.48. The second-order valence-corrected chi connectivity index (χ2v) is 8.46. The maximum atomic E-state index is 13.1. The van der Waals surface area contributed by atoms with E-state index in [1.54, 1.807) is 25.4 Å². The Morgan fingerprint density at radius 1 is 1.12 bits per heavy atom. The monoisotopic (exact) mass is 357 g/mol. The number of nitrogens with zero attached hydrogens (tertiary/aromatic N) is 2. The van der Waals surface area contributed by atoms with Crippen LogP contribution in [-0.2, 0) is 9.59 Å². The molecule has 2 atom stereocenters. The molecular weight excluding hydrogens is 330 g/mol.